The van der Waals surface area contributed by atoms with Gasteiger partial charge in [0, 0.05) is 24.7 Å². The molecule has 0 saturated carbocycles. The number of ether oxygens (including phenoxy) is 3. The lowest BCUT2D eigenvalue weighted by Gasteiger charge is -2.17. The third kappa shape index (κ3) is 3.74. The van der Waals surface area contributed by atoms with Crippen LogP contribution in [-0.4, -0.2) is 25.2 Å². The molecule has 0 spiro atoms. The van der Waals surface area contributed by atoms with Crippen LogP contribution in [0.3, 0.4) is 0 Å². The van der Waals surface area contributed by atoms with Gasteiger partial charge in [-0.2, -0.15) is 5.26 Å². The summed E-state index contributed by atoms with van der Waals surface area (Å²) < 4.78 is 16.2. The summed E-state index contributed by atoms with van der Waals surface area (Å²) in [6, 6.07) is 21.8. The summed E-state index contributed by atoms with van der Waals surface area (Å²) in [7, 11) is 0. The van der Waals surface area contributed by atoms with E-state index in [1.165, 1.54) is 0 Å². The van der Waals surface area contributed by atoms with E-state index in [4.69, 9.17) is 19.5 Å². The molecular weight excluding hydrogens is 408 g/mol. The maximum Gasteiger partial charge on any atom is 0.316 e. The molecule has 0 bridgehead atoms. The molecule has 0 radical (unpaired) electrons. The van der Waals surface area contributed by atoms with Gasteiger partial charge in [0.2, 0.25) is 12.7 Å². The molecule has 2 aliphatic heterocycles. The highest BCUT2D eigenvalue weighted by atomic mass is 16.7. The molecule has 3 aromatic carbocycles. The lowest BCUT2D eigenvalue weighted by Crippen LogP contribution is -2.27. The molecule has 1 fully saturated rings. The topological polar surface area (TPSA) is 88.9 Å². The van der Waals surface area contributed by atoms with E-state index in [1.54, 1.807) is 47.4 Å². The lowest BCUT2D eigenvalue weighted by atomic mass is 10.0. The van der Waals surface area contributed by atoms with Crippen LogP contribution in [-0.2, 0) is 9.59 Å². The average molecular weight is 426 g/mol. The van der Waals surface area contributed by atoms with Crippen molar-refractivity contribution in [3.63, 3.8) is 0 Å². The number of hydrogen-bond acceptors (Lipinski definition) is 6. The van der Waals surface area contributed by atoms with E-state index in [2.05, 4.69) is 6.07 Å². The van der Waals surface area contributed by atoms with Gasteiger partial charge in [-0.1, -0.05) is 24.3 Å². The van der Waals surface area contributed by atoms with E-state index in [0.717, 1.165) is 11.1 Å². The highest BCUT2D eigenvalue weighted by Gasteiger charge is 2.37. The van der Waals surface area contributed by atoms with Crippen molar-refractivity contribution in [2.45, 2.75) is 6.42 Å². The van der Waals surface area contributed by atoms with Crippen molar-refractivity contribution in [1.29, 1.82) is 5.26 Å². The Labute approximate surface area is 184 Å². The first-order valence-electron chi connectivity index (χ1n) is 10.1. The Morgan fingerprint density at radius 1 is 0.969 bits per heavy atom. The maximum atomic E-state index is 12.7. The summed E-state index contributed by atoms with van der Waals surface area (Å²) in [6.07, 6.45) is 0.0938. The zero-order valence-corrected chi connectivity index (χ0v) is 17.0. The Morgan fingerprint density at radius 2 is 1.66 bits per heavy atom. The fraction of sp³-hybridized carbons (Fsp3) is 0.160. The van der Waals surface area contributed by atoms with E-state index in [-0.39, 0.29) is 25.7 Å². The number of nitrogens with zero attached hydrogens (tertiary/aromatic N) is 2. The third-order valence-corrected chi connectivity index (χ3v) is 5.55. The van der Waals surface area contributed by atoms with E-state index in [0.29, 0.717) is 28.5 Å². The standard InChI is InChI=1S/C25H18N2O5/c26-13-16-1-3-17(4-2-16)18-5-8-21(9-6-18)32-25(29)19-11-24(28)27(14-19)20-7-10-22-23(12-20)31-15-30-22/h1-10,12,19H,11,14-15H2. The molecule has 1 amide bonds. The van der Waals surface area contributed by atoms with E-state index >= 15 is 0 Å². The van der Waals surface area contributed by atoms with Gasteiger partial charge in [-0.15, -0.1) is 0 Å². The Hall–Kier alpha value is -4.31. The molecule has 0 N–H and O–H groups in total. The molecule has 7 nitrogen and oxygen atoms in total. The van der Waals surface area contributed by atoms with Gasteiger partial charge in [-0.3, -0.25) is 9.59 Å². The molecule has 1 saturated heterocycles. The fourth-order valence-corrected chi connectivity index (χ4v) is 3.82. The zero-order valence-electron chi connectivity index (χ0n) is 17.0. The van der Waals surface area contributed by atoms with Gasteiger partial charge in [0.25, 0.3) is 0 Å². The number of carbonyl (C=O) groups excluding carboxylic acids is 2. The van der Waals surface area contributed by atoms with Crippen molar-refractivity contribution >= 4 is 17.6 Å². The van der Waals surface area contributed by atoms with Gasteiger partial charge in [0.05, 0.1) is 17.6 Å². The first-order chi connectivity index (χ1) is 15.6. The minimum atomic E-state index is -0.550. The number of hydrogen-bond donors (Lipinski definition) is 0. The first kappa shape index (κ1) is 19.6. The van der Waals surface area contributed by atoms with Crippen molar-refractivity contribution in [2.75, 3.05) is 18.2 Å². The quantitative estimate of drug-likeness (QED) is 0.464. The summed E-state index contributed by atoms with van der Waals surface area (Å²) in [6.45, 7) is 0.409. The molecule has 3 aromatic rings. The molecule has 7 heteroatoms. The molecule has 1 atom stereocenters. The van der Waals surface area contributed by atoms with E-state index in [9.17, 15) is 9.59 Å². The summed E-state index contributed by atoms with van der Waals surface area (Å²) >= 11 is 0. The second-order valence-corrected chi connectivity index (χ2v) is 7.58. The summed E-state index contributed by atoms with van der Waals surface area (Å²) in [5, 5.41) is 8.91. The molecule has 32 heavy (non-hydrogen) atoms. The minimum absolute atomic E-state index is 0.0938. The average Bonchev–Trinajstić information content (AvgIpc) is 3.45. The number of esters is 1. The van der Waals surface area contributed by atoms with Crippen LogP contribution in [0.25, 0.3) is 11.1 Å². The summed E-state index contributed by atoms with van der Waals surface area (Å²) in [4.78, 5) is 26.8. The SMILES string of the molecule is N#Cc1ccc(-c2ccc(OC(=O)C3CC(=O)N(c4ccc5c(c4)OCO5)C3)cc2)cc1. The van der Waals surface area contributed by atoms with E-state index < -0.39 is 11.9 Å². The lowest BCUT2D eigenvalue weighted by molar-refractivity contribution is -0.139. The summed E-state index contributed by atoms with van der Waals surface area (Å²) in [5.41, 5.74) is 3.17. The van der Waals surface area contributed by atoms with Crippen LogP contribution in [0.1, 0.15) is 12.0 Å². The molecule has 1 unspecified atom stereocenters. The molecule has 2 heterocycles. The van der Waals surface area contributed by atoms with Gasteiger partial charge in [0.1, 0.15) is 5.75 Å². The number of anilines is 1. The van der Waals surface area contributed by atoms with Gasteiger partial charge in [-0.25, -0.2) is 0 Å². The maximum absolute atomic E-state index is 12.7. The highest BCUT2D eigenvalue weighted by molar-refractivity contribution is 6.00. The first-order valence-corrected chi connectivity index (χ1v) is 10.1. The van der Waals surface area contributed by atoms with Crippen LogP contribution < -0.4 is 19.1 Å². The minimum Gasteiger partial charge on any atom is -0.454 e. The van der Waals surface area contributed by atoms with Crippen molar-refractivity contribution in [2.24, 2.45) is 5.92 Å². The number of rotatable bonds is 4. The normalized spacial score (nSPS) is 16.7. The van der Waals surface area contributed by atoms with Crippen LogP contribution >= 0.6 is 0 Å². The van der Waals surface area contributed by atoms with Crippen molar-refractivity contribution in [1.82, 2.24) is 0 Å². The Kier molecular flexibility index (Phi) is 4.96. The van der Waals surface area contributed by atoms with Gasteiger partial charge >= 0.3 is 5.97 Å². The smallest absolute Gasteiger partial charge is 0.316 e. The van der Waals surface area contributed by atoms with Crippen molar-refractivity contribution in [3.05, 3.63) is 72.3 Å². The molecule has 0 aliphatic carbocycles. The largest absolute Gasteiger partial charge is 0.454 e. The van der Waals surface area contributed by atoms with Gasteiger partial charge in [-0.05, 0) is 47.5 Å². The molecule has 2 aliphatic rings. The van der Waals surface area contributed by atoms with Crippen molar-refractivity contribution < 1.29 is 23.8 Å². The van der Waals surface area contributed by atoms with Crippen LogP contribution in [0.5, 0.6) is 17.2 Å². The fourth-order valence-electron chi connectivity index (χ4n) is 3.82. The summed E-state index contributed by atoms with van der Waals surface area (Å²) in [5.74, 6) is 0.520. The Morgan fingerprint density at radius 3 is 2.38 bits per heavy atom. The predicted octanol–water partition coefficient (Wildman–Crippen LogP) is 3.91. The number of nitriles is 1. The number of amides is 1. The second-order valence-electron chi connectivity index (χ2n) is 7.58. The number of fused-ring (bicyclic) bond motifs is 1. The Balaban J connectivity index is 1.24. The van der Waals surface area contributed by atoms with Crippen LogP contribution in [0.2, 0.25) is 0 Å². The van der Waals surface area contributed by atoms with Gasteiger partial charge in [0.15, 0.2) is 11.5 Å². The monoisotopic (exact) mass is 426 g/mol. The molecule has 5 rings (SSSR count). The van der Waals surface area contributed by atoms with Crippen LogP contribution in [0.15, 0.2) is 66.7 Å². The molecule has 158 valence electrons. The van der Waals surface area contributed by atoms with Crippen molar-refractivity contribution in [3.8, 4) is 34.4 Å². The zero-order chi connectivity index (χ0) is 22.1. The number of benzene rings is 3. The van der Waals surface area contributed by atoms with E-state index in [1.807, 2.05) is 24.3 Å². The second kappa shape index (κ2) is 8.08. The molecular formula is C25H18N2O5. The van der Waals surface area contributed by atoms with Gasteiger partial charge < -0.3 is 19.1 Å². The van der Waals surface area contributed by atoms with Crippen LogP contribution in [0.4, 0.5) is 5.69 Å². The highest BCUT2D eigenvalue weighted by Crippen LogP contribution is 2.37. The third-order valence-electron chi connectivity index (χ3n) is 5.55. The predicted molar refractivity (Wildman–Crippen MR) is 115 cm³/mol. The number of carbonyl (C=O) groups is 2. The van der Waals surface area contributed by atoms with Crippen LogP contribution in [0, 0.1) is 17.2 Å². The Bertz CT molecular complexity index is 1230. The molecule has 0 aromatic heterocycles.